The van der Waals surface area contributed by atoms with Gasteiger partial charge in [0.25, 0.3) is 0 Å². The Morgan fingerprint density at radius 3 is 2.10 bits per heavy atom. The molecule has 3 heteroatoms. The molecule has 1 rings (SSSR count). The Morgan fingerprint density at radius 2 is 1.55 bits per heavy atom. The molecule has 0 aromatic heterocycles. The van der Waals surface area contributed by atoms with Crippen molar-refractivity contribution in [2.75, 3.05) is 0 Å². The largest absolute Gasteiger partial charge is 0.349 e. The van der Waals surface area contributed by atoms with Gasteiger partial charge in [0, 0.05) is 23.7 Å². The fourth-order valence-corrected chi connectivity index (χ4v) is 4.40. The number of carbonyl (C=O) groups excluding carboxylic acids is 1. The Labute approximate surface area is 192 Å². The fraction of sp³-hybridized carbons (Fsp3) is 0.679. The molecule has 0 spiro atoms. The van der Waals surface area contributed by atoms with Crippen LogP contribution in [-0.2, 0) is 11.3 Å². The minimum atomic E-state index is -0.0833. The number of carbonyl (C=O) groups is 1. The first-order valence-electron chi connectivity index (χ1n) is 12.6. The Kier molecular flexibility index (Phi) is 13.5. The van der Waals surface area contributed by atoms with Crippen LogP contribution < -0.4 is 10.6 Å². The summed E-state index contributed by atoms with van der Waals surface area (Å²) in [6.45, 7) is 15.5. The maximum absolute atomic E-state index is 12.4. The highest BCUT2D eigenvalue weighted by atomic mass is 16.1. The summed E-state index contributed by atoms with van der Waals surface area (Å²) in [5.41, 5.74) is 1.79. The zero-order chi connectivity index (χ0) is 23.1. The lowest BCUT2D eigenvalue weighted by Crippen LogP contribution is -2.54. The number of unbranched alkanes of at least 4 members (excludes halogenated alkanes) is 7. The lowest BCUT2D eigenvalue weighted by atomic mass is 9.77. The van der Waals surface area contributed by atoms with Gasteiger partial charge in [-0.2, -0.15) is 0 Å². The minimum Gasteiger partial charge on any atom is -0.349 e. The van der Waals surface area contributed by atoms with Crippen LogP contribution in [0.4, 0.5) is 0 Å². The zero-order valence-corrected chi connectivity index (χ0v) is 20.9. The standard InChI is InChI=1S/C28H48N2O/c1-7-9-10-11-12-13-14-18-21-25(26(8-2)30-27(31)23(3)4)28(5,6)29-22-24-19-16-15-17-20-24/h15-17,19-20,25-26,29H,3,7-14,18,21-22H2,1-2,4-6H3,(H,30,31). The van der Waals surface area contributed by atoms with Crippen LogP contribution in [0.2, 0.25) is 0 Å². The summed E-state index contributed by atoms with van der Waals surface area (Å²) in [6.07, 6.45) is 12.6. The van der Waals surface area contributed by atoms with Crippen molar-refractivity contribution in [2.24, 2.45) is 5.92 Å². The number of hydrogen-bond donors (Lipinski definition) is 2. The molecule has 2 atom stereocenters. The average molecular weight is 429 g/mol. The number of benzene rings is 1. The van der Waals surface area contributed by atoms with Gasteiger partial charge in [-0.05, 0) is 45.1 Å². The summed E-state index contributed by atoms with van der Waals surface area (Å²) in [5, 5.41) is 7.06. The van der Waals surface area contributed by atoms with Gasteiger partial charge in [-0.1, -0.05) is 102 Å². The lowest BCUT2D eigenvalue weighted by molar-refractivity contribution is -0.118. The molecule has 0 saturated carbocycles. The van der Waals surface area contributed by atoms with Crippen LogP contribution >= 0.6 is 0 Å². The van der Waals surface area contributed by atoms with E-state index in [2.05, 4.69) is 75.2 Å². The average Bonchev–Trinajstić information content (AvgIpc) is 2.76. The van der Waals surface area contributed by atoms with E-state index in [1.165, 1.54) is 56.9 Å². The van der Waals surface area contributed by atoms with Crippen molar-refractivity contribution in [2.45, 2.75) is 117 Å². The number of hydrogen-bond acceptors (Lipinski definition) is 2. The van der Waals surface area contributed by atoms with Gasteiger partial charge in [-0.3, -0.25) is 4.79 Å². The molecule has 176 valence electrons. The number of rotatable bonds is 17. The third kappa shape index (κ3) is 11.0. The molecule has 0 saturated heterocycles. The van der Waals surface area contributed by atoms with E-state index >= 15 is 0 Å². The van der Waals surface area contributed by atoms with Gasteiger partial charge in [0.15, 0.2) is 0 Å². The molecule has 2 N–H and O–H groups in total. The van der Waals surface area contributed by atoms with E-state index in [0.717, 1.165) is 19.4 Å². The minimum absolute atomic E-state index is 0.0216. The Balaban J connectivity index is 2.72. The monoisotopic (exact) mass is 428 g/mol. The maximum atomic E-state index is 12.4. The molecule has 0 aliphatic carbocycles. The molecule has 0 fully saturated rings. The molecule has 2 unspecified atom stereocenters. The smallest absolute Gasteiger partial charge is 0.246 e. The topological polar surface area (TPSA) is 41.1 Å². The maximum Gasteiger partial charge on any atom is 0.246 e. The summed E-state index contributed by atoms with van der Waals surface area (Å²) < 4.78 is 0. The van der Waals surface area contributed by atoms with Crippen molar-refractivity contribution in [3.8, 4) is 0 Å². The van der Waals surface area contributed by atoms with E-state index in [4.69, 9.17) is 0 Å². The van der Waals surface area contributed by atoms with E-state index < -0.39 is 0 Å². The van der Waals surface area contributed by atoms with Crippen molar-refractivity contribution >= 4 is 5.91 Å². The molecule has 1 amide bonds. The van der Waals surface area contributed by atoms with Crippen LogP contribution in [0.15, 0.2) is 42.5 Å². The predicted molar refractivity (Wildman–Crippen MR) is 135 cm³/mol. The van der Waals surface area contributed by atoms with Gasteiger partial charge in [0.05, 0.1) is 0 Å². The molecule has 0 aliphatic heterocycles. The quantitative estimate of drug-likeness (QED) is 0.204. The first-order valence-corrected chi connectivity index (χ1v) is 12.6. The van der Waals surface area contributed by atoms with Gasteiger partial charge in [0.1, 0.15) is 0 Å². The molecule has 0 radical (unpaired) electrons. The molecule has 3 nitrogen and oxygen atoms in total. The van der Waals surface area contributed by atoms with E-state index in [9.17, 15) is 4.79 Å². The third-order valence-electron chi connectivity index (χ3n) is 6.52. The van der Waals surface area contributed by atoms with E-state index in [1.807, 2.05) is 0 Å². The highest BCUT2D eigenvalue weighted by Crippen LogP contribution is 2.29. The van der Waals surface area contributed by atoms with Crippen LogP contribution in [0.25, 0.3) is 0 Å². The molecule has 0 bridgehead atoms. The van der Waals surface area contributed by atoms with Crippen LogP contribution in [0.1, 0.15) is 104 Å². The van der Waals surface area contributed by atoms with Crippen LogP contribution in [0.3, 0.4) is 0 Å². The van der Waals surface area contributed by atoms with Gasteiger partial charge >= 0.3 is 0 Å². The second kappa shape index (κ2) is 15.2. The number of amides is 1. The zero-order valence-electron chi connectivity index (χ0n) is 20.9. The summed E-state index contributed by atoms with van der Waals surface area (Å²) in [7, 11) is 0. The van der Waals surface area contributed by atoms with Crippen molar-refractivity contribution in [3.05, 3.63) is 48.0 Å². The van der Waals surface area contributed by atoms with Crippen molar-refractivity contribution < 1.29 is 4.79 Å². The summed E-state index contributed by atoms with van der Waals surface area (Å²) in [5.74, 6) is 0.344. The summed E-state index contributed by atoms with van der Waals surface area (Å²) in [6, 6.07) is 10.7. The number of nitrogens with one attached hydrogen (secondary N) is 2. The summed E-state index contributed by atoms with van der Waals surface area (Å²) in [4.78, 5) is 12.4. The van der Waals surface area contributed by atoms with Gasteiger partial charge in [-0.15, -0.1) is 0 Å². The Hall–Kier alpha value is -1.61. The van der Waals surface area contributed by atoms with Gasteiger partial charge in [0.2, 0.25) is 5.91 Å². The predicted octanol–water partition coefficient (Wildman–Crippen LogP) is 7.17. The molecule has 31 heavy (non-hydrogen) atoms. The van der Waals surface area contributed by atoms with E-state index in [1.54, 1.807) is 6.92 Å². The highest BCUT2D eigenvalue weighted by Gasteiger charge is 2.35. The molecule has 0 aliphatic rings. The van der Waals surface area contributed by atoms with Crippen molar-refractivity contribution in [1.29, 1.82) is 0 Å². The second-order valence-corrected chi connectivity index (χ2v) is 9.70. The van der Waals surface area contributed by atoms with E-state index in [0.29, 0.717) is 11.5 Å². The first-order chi connectivity index (χ1) is 14.8. The van der Waals surface area contributed by atoms with E-state index in [-0.39, 0.29) is 17.5 Å². The third-order valence-corrected chi connectivity index (χ3v) is 6.52. The highest BCUT2D eigenvalue weighted by molar-refractivity contribution is 5.92. The molecule has 1 aromatic carbocycles. The Bertz CT molecular complexity index is 623. The molecular weight excluding hydrogens is 380 g/mol. The van der Waals surface area contributed by atoms with Crippen LogP contribution in [0.5, 0.6) is 0 Å². The van der Waals surface area contributed by atoms with Crippen molar-refractivity contribution in [3.63, 3.8) is 0 Å². The van der Waals surface area contributed by atoms with Crippen molar-refractivity contribution in [1.82, 2.24) is 10.6 Å². The SMILES string of the molecule is C=C(C)C(=O)NC(CC)C(CCCCCCCCCC)C(C)(C)NCc1ccccc1. The fourth-order valence-electron chi connectivity index (χ4n) is 4.40. The second-order valence-electron chi connectivity index (χ2n) is 9.70. The molecular formula is C28H48N2O. The van der Waals surface area contributed by atoms with Crippen LogP contribution in [-0.4, -0.2) is 17.5 Å². The lowest BCUT2D eigenvalue weighted by Gasteiger charge is -2.41. The Morgan fingerprint density at radius 1 is 0.968 bits per heavy atom. The normalized spacial score (nSPS) is 13.6. The van der Waals surface area contributed by atoms with Gasteiger partial charge < -0.3 is 10.6 Å². The molecule has 0 heterocycles. The molecule has 1 aromatic rings. The first kappa shape index (κ1) is 27.4. The van der Waals surface area contributed by atoms with Gasteiger partial charge in [-0.25, -0.2) is 0 Å². The van der Waals surface area contributed by atoms with Crippen LogP contribution in [0, 0.1) is 5.92 Å². The summed E-state index contributed by atoms with van der Waals surface area (Å²) >= 11 is 0.